The lowest BCUT2D eigenvalue weighted by Crippen LogP contribution is -2.31. The second-order valence-electron chi connectivity index (χ2n) is 7.74. The van der Waals surface area contributed by atoms with Gasteiger partial charge in [0.05, 0.1) is 18.3 Å². The first kappa shape index (κ1) is 22.2. The fourth-order valence-electron chi connectivity index (χ4n) is 3.40. The Bertz CT molecular complexity index is 1270. The molecule has 0 aliphatic rings. The van der Waals surface area contributed by atoms with Gasteiger partial charge in [0.2, 0.25) is 5.95 Å². The Morgan fingerprint density at radius 1 is 1.12 bits per heavy atom. The van der Waals surface area contributed by atoms with Crippen LogP contribution >= 0.6 is 0 Å². The van der Waals surface area contributed by atoms with Crippen molar-refractivity contribution in [2.45, 2.75) is 19.9 Å². The topological polar surface area (TPSA) is 103 Å². The molecule has 2 heterocycles. The quantitative estimate of drug-likeness (QED) is 0.337. The predicted molar refractivity (Wildman–Crippen MR) is 125 cm³/mol. The number of anilines is 2. The summed E-state index contributed by atoms with van der Waals surface area (Å²) in [6.07, 6.45) is 3.41. The van der Waals surface area contributed by atoms with E-state index in [4.69, 9.17) is 0 Å². The molecule has 0 aliphatic carbocycles. The second-order valence-corrected chi connectivity index (χ2v) is 7.74. The lowest BCUT2D eigenvalue weighted by Gasteiger charge is -2.17. The number of para-hydroxylation sites is 1. The van der Waals surface area contributed by atoms with Crippen LogP contribution in [0.5, 0.6) is 0 Å². The number of aliphatic hydroxyl groups is 1. The van der Waals surface area contributed by atoms with Gasteiger partial charge in [-0.25, -0.2) is 14.4 Å². The molecule has 1 atom stereocenters. The Morgan fingerprint density at radius 3 is 2.64 bits per heavy atom. The summed E-state index contributed by atoms with van der Waals surface area (Å²) in [7, 11) is 0. The third-order valence-electron chi connectivity index (χ3n) is 5.29. The summed E-state index contributed by atoms with van der Waals surface area (Å²) in [5.74, 6) is -0.368. The number of carbonyl (C=O) groups is 1. The SMILES string of the molecule is Cc1ccc(C(CO)NC(=O)c2cc(-c3nc(Nc4ccccc4)ncc3C)c[nH]2)cc1F. The van der Waals surface area contributed by atoms with Gasteiger partial charge in [-0.1, -0.05) is 30.3 Å². The van der Waals surface area contributed by atoms with Gasteiger partial charge in [0.1, 0.15) is 11.5 Å². The molecular formula is C25H24FN5O2. The fraction of sp³-hybridized carbons (Fsp3) is 0.160. The van der Waals surface area contributed by atoms with Crippen LogP contribution < -0.4 is 10.6 Å². The number of halogens is 1. The van der Waals surface area contributed by atoms with Crippen molar-refractivity contribution < 1.29 is 14.3 Å². The second kappa shape index (κ2) is 9.62. The van der Waals surface area contributed by atoms with Crippen LogP contribution in [0.3, 0.4) is 0 Å². The van der Waals surface area contributed by atoms with E-state index < -0.39 is 11.9 Å². The smallest absolute Gasteiger partial charge is 0.268 e. The highest BCUT2D eigenvalue weighted by Gasteiger charge is 2.18. The van der Waals surface area contributed by atoms with E-state index in [0.717, 1.165) is 16.8 Å². The Kier molecular flexibility index (Phi) is 6.46. The molecule has 4 N–H and O–H groups in total. The van der Waals surface area contributed by atoms with Crippen molar-refractivity contribution in [2.75, 3.05) is 11.9 Å². The number of H-pyrrole nitrogens is 1. The van der Waals surface area contributed by atoms with Crippen LogP contribution in [0.4, 0.5) is 16.0 Å². The molecule has 2 aromatic heterocycles. The summed E-state index contributed by atoms with van der Waals surface area (Å²) in [5, 5.41) is 15.6. The molecule has 168 valence electrons. The van der Waals surface area contributed by atoms with Gasteiger partial charge in [0, 0.05) is 23.6 Å². The lowest BCUT2D eigenvalue weighted by atomic mass is 10.0. The zero-order valence-electron chi connectivity index (χ0n) is 18.3. The van der Waals surface area contributed by atoms with Crippen molar-refractivity contribution in [2.24, 2.45) is 0 Å². The molecule has 1 amide bonds. The Labute approximate surface area is 190 Å². The van der Waals surface area contributed by atoms with Crippen molar-refractivity contribution in [1.29, 1.82) is 0 Å². The van der Waals surface area contributed by atoms with Crippen LogP contribution in [0.15, 0.2) is 67.0 Å². The maximum absolute atomic E-state index is 13.9. The number of hydrogen-bond donors (Lipinski definition) is 4. The van der Waals surface area contributed by atoms with Crippen LogP contribution in [0, 0.1) is 19.7 Å². The van der Waals surface area contributed by atoms with Crippen molar-refractivity contribution in [3.05, 3.63) is 95.2 Å². The van der Waals surface area contributed by atoms with E-state index in [1.54, 1.807) is 37.5 Å². The van der Waals surface area contributed by atoms with Crippen molar-refractivity contribution in [1.82, 2.24) is 20.3 Å². The largest absolute Gasteiger partial charge is 0.394 e. The number of aromatic amines is 1. The first-order valence-electron chi connectivity index (χ1n) is 10.5. The van der Waals surface area contributed by atoms with E-state index in [9.17, 15) is 14.3 Å². The van der Waals surface area contributed by atoms with Crippen LogP contribution in [0.25, 0.3) is 11.3 Å². The minimum absolute atomic E-state index is 0.298. The lowest BCUT2D eigenvalue weighted by molar-refractivity contribution is 0.0911. The number of carbonyl (C=O) groups excluding carboxylic acids is 1. The molecule has 0 bridgehead atoms. The van der Waals surface area contributed by atoms with Crippen LogP contribution in [0.2, 0.25) is 0 Å². The molecule has 0 fully saturated rings. The van der Waals surface area contributed by atoms with Gasteiger partial charge in [-0.3, -0.25) is 4.79 Å². The molecule has 2 aromatic carbocycles. The minimum Gasteiger partial charge on any atom is -0.394 e. The Morgan fingerprint density at radius 2 is 1.91 bits per heavy atom. The Balaban J connectivity index is 1.52. The summed E-state index contributed by atoms with van der Waals surface area (Å²) in [6, 6.07) is 15.2. The van der Waals surface area contributed by atoms with Gasteiger partial charge >= 0.3 is 0 Å². The summed E-state index contributed by atoms with van der Waals surface area (Å²) < 4.78 is 13.9. The molecule has 8 heteroatoms. The number of aromatic nitrogens is 3. The number of rotatable bonds is 7. The molecule has 0 aliphatic heterocycles. The monoisotopic (exact) mass is 445 g/mol. The number of hydrogen-bond acceptors (Lipinski definition) is 5. The molecule has 7 nitrogen and oxygen atoms in total. The standard InChI is InChI=1S/C25H24FN5O2/c1-15-8-9-17(10-20(15)26)22(14-32)30-24(33)21-11-18(13-27-21)23-16(2)12-28-25(31-23)29-19-6-4-3-5-7-19/h3-13,22,27,32H,14H2,1-2H3,(H,30,33)(H,28,29,31). The summed E-state index contributed by atoms with van der Waals surface area (Å²) in [5.41, 5.74) is 4.40. The van der Waals surface area contributed by atoms with Gasteiger partial charge in [0.15, 0.2) is 0 Å². The number of nitrogens with zero attached hydrogens (tertiary/aromatic N) is 2. The average molecular weight is 445 g/mol. The van der Waals surface area contributed by atoms with E-state index >= 15 is 0 Å². The highest BCUT2D eigenvalue weighted by atomic mass is 19.1. The fourth-order valence-corrected chi connectivity index (χ4v) is 3.40. The van der Waals surface area contributed by atoms with E-state index in [1.807, 2.05) is 37.3 Å². The number of amides is 1. The first-order valence-corrected chi connectivity index (χ1v) is 10.5. The van der Waals surface area contributed by atoms with Gasteiger partial charge < -0.3 is 20.7 Å². The van der Waals surface area contributed by atoms with Crippen molar-refractivity contribution in [3.8, 4) is 11.3 Å². The predicted octanol–water partition coefficient (Wildman–Crippen LogP) is 4.43. The molecule has 4 aromatic rings. The molecule has 0 saturated heterocycles. The third-order valence-corrected chi connectivity index (χ3v) is 5.29. The number of aryl methyl sites for hydroxylation is 2. The zero-order chi connectivity index (χ0) is 23.4. The molecule has 0 saturated carbocycles. The maximum atomic E-state index is 13.9. The van der Waals surface area contributed by atoms with Crippen molar-refractivity contribution >= 4 is 17.5 Å². The van der Waals surface area contributed by atoms with Gasteiger partial charge in [-0.2, -0.15) is 0 Å². The summed E-state index contributed by atoms with van der Waals surface area (Å²) >= 11 is 0. The molecule has 33 heavy (non-hydrogen) atoms. The highest BCUT2D eigenvalue weighted by molar-refractivity contribution is 5.94. The van der Waals surface area contributed by atoms with E-state index in [2.05, 4.69) is 25.6 Å². The third kappa shape index (κ3) is 5.07. The molecule has 0 spiro atoms. The minimum atomic E-state index is -0.734. The van der Waals surface area contributed by atoms with E-state index in [-0.39, 0.29) is 12.4 Å². The number of aliphatic hydroxyl groups excluding tert-OH is 1. The molecule has 1 unspecified atom stereocenters. The van der Waals surface area contributed by atoms with Crippen LogP contribution in [-0.2, 0) is 0 Å². The maximum Gasteiger partial charge on any atom is 0.268 e. The average Bonchev–Trinajstić information content (AvgIpc) is 3.31. The normalized spacial score (nSPS) is 11.8. The van der Waals surface area contributed by atoms with Crippen LogP contribution in [-0.4, -0.2) is 32.6 Å². The Hall–Kier alpha value is -4.04. The number of nitrogens with one attached hydrogen (secondary N) is 3. The first-order chi connectivity index (χ1) is 15.9. The van der Waals surface area contributed by atoms with Crippen LogP contribution in [0.1, 0.15) is 33.2 Å². The van der Waals surface area contributed by atoms with Gasteiger partial charge in [-0.15, -0.1) is 0 Å². The molecule has 4 rings (SSSR count). The summed E-state index contributed by atoms with van der Waals surface area (Å²) in [4.78, 5) is 24.7. The van der Waals surface area contributed by atoms with Gasteiger partial charge in [-0.05, 0) is 54.8 Å². The van der Waals surface area contributed by atoms with Gasteiger partial charge in [0.25, 0.3) is 5.91 Å². The number of benzene rings is 2. The van der Waals surface area contributed by atoms with E-state index in [1.165, 1.54) is 6.07 Å². The summed E-state index contributed by atoms with van der Waals surface area (Å²) in [6.45, 7) is 3.19. The highest BCUT2D eigenvalue weighted by Crippen LogP contribution is 2.24. The van der Waals surface area contributed by atoms with Crippen molar-refractivity contribution in [3.63, 3.8) is 0 Å². The molecule has 0 radical (unpaired) electrons. The molecular weight excluding hydrogens is 421 g/mol. The van der Waals surface area contributed by atoms with E-state index in [0.29, 0.717) is 28.5 Å². The zero-order valence-corrected chi connectivity index (χ0v) is 18.3.